The highest BCUT2D eigenvalue weighted by atomic mass is 16.1. The molecule has 0 aliphatic carbocycles. The van der Waals surface area contributed by atoms with Crippen LogP contribution in [0.1, 0.15) is 32.6 Å². The van der Waals surface area contributed by atoms with Crippen molar-refractivity contribution in [3.63, 3.8) is 0 Å². The minimum Gasteiger partial charge on any atom is -0.356 e. The molecule has 0 spiro atoms. The van der Waals surface area contributed by atoms with E-state index in [1.54, 1.807) is 0 Å². The first-order chi connectivity index (χ1) is 6.72. The van der Waals surface area contributed by atoms with Gasteiger partial charge < -0.3 is 10.2 Å². The van der Waals surface area contributed by atoms with Crippen molar-refractivity contribution in [2.75, 3.05) is 26.7 Å². The van der Waals surface area contributed by atoms with Crippen molar-refractivity contribution in [1.29, 1.82) is 0 Å². The molecule has 0 radical (unpaired) electrons. The molecule has 1 fully saturated rings. The first kappa shape index (κ1) is 11.5. The second kappa shape index (κ2) is 6.02. The summed E-state index contributed by atoms with van der Waals surface area (Å²) in [5, 5.41) is 2.94. The third-order valence-electron chi connectivity index (χ3n) is 3.03. The molecule has 3 nitrogen and oxygen atoms in total. The lowest BCUT2D eigenvalue weighted by atomic mass is 9.94. The van der Waals surface area contributed by atoms with Gasteiger partial charge >= 0.3 is 0 Å². The van der Waals surface area contributed by atoms with Crippen LogP contribution in [-0.2, 0) is 4.79 Å². The van der Waals surface area contributed by atoms with E-state index in [1.165, 1.54) is 25.9 Å². The van der Waals surface area contributed by atoms with Crippen LogP contribution >= 0.6 is 0 Å². The molecule has 0 saturated carbocycles. The van der Waals surface area contributed by atoms with Crippen LogP contribution in [0.2, 0.25) is 0 Å². The molecular weight excluding hydrogens is 176 g/mol. The van der Waals surface area contributed by atoms with Crippen LogP contribution < -0.4 is 5.32 Å². The summed E-state index contributed by atoms with van der Waals surface area (Å²) >= 11 is 0. The van der Waals surface area contributed by atoms with E-state index in [0.29, 0.717) is 6.42 Å². The Morgan fingerprint density at radius 1 is 1.43 bits per heavy atom. The van der Waals surface area contributed by atoms with Gasteiger partial charge in [0.15, 0.2) is 0 Å². The minimum absolute atomic E-state index is 0.179. The first-order valence-electron chi connectivity index (χ1n) is 5.67. The number of hydrogen-bond donors (Lipinski definition) is 1. The Bertz CT molecular complexity index is 174. The summed E-state index contributed by atoms with van der Waals surface area (Å²) in [4.78, 5) is 13.4. The number of carbonyl (C=O) groups excluding carboxylic acids is 1. The largest absolute Gasteiger partial charge is 0.356 e. The molecule has 82 valence electrons. The number of nitrogens with one attached hydrogen (secondary N) is 1. The lowest BCUT2D eigenvalue weighted by Gasteiger charge is -2.28. The summed E-state index contributed by atoms with van der Waals surface area (Å²) in [6.45, 7) is 5.19. The Labute approximate surface area is 86.9 Å². The summed E-state index contributed by atoms with van der Waals surface area (Å²) in [6.07, 6.45) is 4.34. The predicted octanol–water partition coefficient (Wildman–Crippen LogP) is 1.24. The monoisotopic (exact) mass is 198 g/mol. The number of amides is 1. The third kappa shape index (κ3) is 4.09. The zero-order valence-corrected chi connectivity index (χ0v) is 9.38. The van der Waals surface area contributed by atoms with Gasteiger partial charge in [0.25, 0.3) is 0 Å². The smallest absolute Gasteiger partial charge is 0.219 e. The van der Waals surface area contributed by atoms with Crippen LogP contribution in [0.25, 0.3) is 0 Å². The quantitative estimate of drug-likeness (QED) is 0.737. The highest BCUT2D eigenvalue weighted by Gasteiger charge is 2.15. The van der Waals surface area contributed by atoms with E-state index in [0.717, 1.165) is 18.9 Å². The molecule has 0 bridgehead atoms. The summed E-state index contributed by atoms with van der Waals surface area (Å²) in [6, 6.07) is 0. The minimum atomic E-state index is 0.179. The first-order valence-corrected chi connectivity index (χ1v) is 5.67. The number of hydrogen-bond acceptors (Lipinski definition) is 2. The van der Waals surface area contributed by atoms with Crippen LogP contribution in [0, 0.1) is 5.92 Å². The van der Waals surface area contributed by atoms with Crippen molar-refractivity contribution in [2.24, 2.45) is 5.92 Å². The van der Waals surface area contributed by atoms with Crippen LogP contribution in [0.3, 0.4) is 0 Å². The molecule has 0 unspecified atom stereocenters. The van der Waals surface area contributed by atoms with Crippen LogP contribution in [-0.4, -0.2) is 37.5 Å². The highest BCUT2D eigenvalue weighted by molar-refractivity contribution is 5.75. The van der Waals surface area contributed by atoms with E-state index >= 15 is 0 Å². The molecular formula is C11H22N2O. The van der Waals surface area contributed by atoms with E-state index < -0.39 is 0 Å². The molecule has 0 aromatic rings. The SMILES string of the molecule is CCC(=O)NCCC1CCN(C)CC1. The van der Waals surface area contributed by atoms with Gasteiger partial charge in [0.05, 0.1) is 0 Å². The van der Waals surface area contributed by atoms with Crippen molar-refractivity contribution in [1.82, 2.24) is 10.2 Å². The van der Waals surface area contributed by atoms with E-state index in [4.69, 9.17) is 0 Å². The fourth-order valence-electron chi connectivity index (χ4n) is 1.89. The molecule has 1 N–H and O–H groups in total. The average molecular weight is 198 g/mol. The maximum absolute atomic E-state index is 11.0. The third-order valence-corrected chi connectivity index (χ3v) is 3.03. The van der Waals surface area contributed by atoms with E-state index in [2.05, 4.69) is 17.3 Å². The zero-order valence-electron chi connectivity index (χ0n) is 9.38. The maximum atomic E-state index is 11.0. The van der Waals surface area contributed by atoms with Gasteiger partial charge in [-0.3, -0.25) is 4.79 Å². The van der Waals surface area contributed by atoms with Crippen molar-refractivity contribution in [3.05, 3.63) is 0 Å². The molecule has 14 heavy (non-hydrogen) atoms. The average Bonchev–Trinajstić information content (AvgIpc) is 2.21. The van der Waals surface area contributed by atoms with Crippen LogP contribution in [0.4, 0.5) is 0 Å². The molecule has 1 rings (SSSR count). The predicted molar refractivity (Wildman–Crippen MR) is 58.1 cm³/mol. The van der Waals surface area contributed by atoms with Gasteiger partial charge in [0.1, 0.15) is 0 Å². The Hall–Kier alpha value is -0.570. The molecule has 0 atom stereocenters. The summed E-state index contributed by atoms with van der Waals surface area (Å²) in [5.74, 6) is 1.00. The second-order valence-corrected chi connectivity index (χ2v) is 4.24. The number of piperidine rings is 1. The number of nitrogens with zero attached hydrogens (tertiary/aromatic N) is 1. The van der Waals surface area contributed by atoms with Crippen molar-refractivity contribution in [3.8, 4) is 0 Å². The van der Waals surface area contributed by atoms with E-state index in [-0.39, 0.29) is 5.91 Å². The van der Waals surface area contributed by atoms with Gasteiger partial charge in [0, 0.05) is 13.0 Å². The molecule has 0 aromatic carbocycles. The molecule has 0 aromatic heterocycles. The zero-order chi connectivity index (χ0) is 10.4. The molecule has 1 saturated heterocycles. The summed E-state index contributed by atoms with van der Waals surface area (Å²) < 4.78 is 0. The van der Waals surface area contributed by atoms with Gasteiger partial charge in [-0.2, -0.15) is 0 Å². The maximum Gasteiger partial charge on any atom is 0.219 e. The van der Waals surface area contributed by atoms with Crippen LogP contribution in [0.15, 0.2) is 0 Å². The van der Waals surface area contributed by atoms with Crippen molar-refractivity contribution >= 4 is 5.91 Å². The lowest BCUT2D eigenvalue weighted by Crippen LogP contribution is -2.32. The topological polar surface area (TPSA) is 32.3 Å². The van der Waals surface area contributed by atoms with Gasteiger partial charge in [-0.1, -0.05) is 6.92 Å². The standard InChI is InChI=1S/C11H22N2O/c1-3-11(14)12-7-4-10-5-8-13(2)9-6-10/h10H,3-9H2,1-2H3,(H,12,14). The van der Waals surface area contributed by atoms with E-state index in [9.17, 15) is 4.79 Å². The molecule has 1 heterocycles. The lowest BCUT2D eigenvalue weighted by molar-refractivity contribution is -0.120. The Morgan fingerprint density at radius 3 is 2.64 bits per heavy atom. The van der Waals surface area contributed by atoms with Gasteiger partial charge in [-0.15, -0.1) is 0 Å². The number of rotatable bonds is 4. The molecule has 3 heteroatoms. The van der Waals surface area contributed by atoms with E-state index in [1.807, 2.05) is 6.92 Å². The van der Waals surface area contributed by atoms with Gasteiger partial charge in [-0.05, 0) is 45.3 Å². The number of carbonyl (C=O) groups is 1. The fraction of sp³-hybridized carbons (Fsp3) is 0.909. The normalized spacial score (nSPS) is 19.6. The molecule has 1 aliphatic heterocycles. The molecule has 1 amide bonds. The van der Waals surface area contributed by atoms with Crippen molar-refractivity contribution < 1.29 is 4.79 Å². The summed E-state index contributed by atoms with van der Waals surface area (Å²) in [5.41, 5.74) is 0. The fourth-order valence-corrected chi connectivity index (χ4v) is 1.89. The molecule has 1 aliphatic rings. The Morgan fingerprint density at radius 2 is 2.07 bits per heavy atom. The Kier molecular flexibility index (Phi) is 4.94. The summed E-state index contributed by atoms with van der Waals surface area (Å²) in [7, 11) is 2.18. The van der Waals surface area contributed by atoms with Gasteiger partial charge in [-0.25, -0.2) is 0 Å². The Balaban J connectivity index is 2.04. The highest BCUT2D eigenvalue weighted by Crippen LogP contribution is 2.18. The van der Waals surface area contributed by atoms with Crippen LogP contribution in [0.5, 0.6) is 0 Å². The number of likely N-dealkylation sites (tertiary alicyclic amines) is 1. The second-order valence-electron chi connectivity index (χ2n) is 4.24. The van der Waals surface area contributed by atoms with Crippen molar-refractivity contribution in [2.45, 2.75) is 32.6 Å². The van der Waals surface area contributed by atoms with Gasteiger partial charge in [0.2, 0.25) is 5.91 Å².